The Balaban J connectivity index is 0.00000304. The van der Waals surface area contributed by atoms with Gasteiger partial charge in [0.05, 0.1) is 13.7 Å². The number of aromatic hydroxyl groups is 3. The second-order valence-corrected chi connectivity index (χ2v) is 8.20. The van der Waals surface area contributed by atoms with Crippen LogP contribution in [0.15, 0.2) is 48.5 Å². The van der Waals surface area contributed by atoms with Crippen molar-refractivity contribution < 1.29 is 49.3 Å². The molecule has 0 aliphatic carbocycles. The number of ketones is 1. The molecule has 2 heterocycles. The van der Waals surface area contributed by atoms with Crippen LogP contribution >= 0.6 is 12.4 Å². The van der Waals surface area contributed by atoms with Gasteiger partial charge in [-0.05, 0) is 29.8 Å². The molecule has 0 saturated heterocycles. The molecule has 11 heteroatoms. The van der Waals surface area contributed by atoms with E-state index in [0.717, 1.165) is 6.07 Å². The number of phenolic OH excluding ortho intramolecular Hbond substituents is 3. The predicted octanol–water partition coefficient (Wildman–Crippen LogP) is 2.78. The van der Waals surface area contributed by atoms with Crippen LogP contribution in [0.1, 0.15) is 33.7 Å². The summed E-state index contributed by atoms with van der Waals surface area (Å²) >= 11 is 0. The Hall–Kier alpha value is -3.86. The molecule has 5 rings (SSSR count). The summed E-state index contributed by atoms with van der Waals surface area (Å²) < 4.78 is 23.0. The highest BCUT2D eigenvalue weighted by Gasteiger charge is 2.40. The van der Waals surface area contributed by atoms with E-state index >= 15 is 0 Å². The summed E-state index contributed by atoms with van der Waals surface area (Å²) in [5.74, 6) is -0.823. The number of fused-ring (bicyclic) bond motifs is 2. The van der Waals surface area contributed by atoms with E-state index in [2.05, 4.69) is 0 Å². The third-order valence-electron chi connectivity index (χ3n) is 6.00. The number of halogens is 1. The Morgan fingerprint density at radius 1 is 0.833 bits per heavy atom. The third-order valence-corrected chi connectivity index (χ3v) is 6.00. The van der Waals surface area contributed by atoms with E-state index < -0.39 is 35.9 Å². The highest BCUT2D eigenvalue weighted by atomic mass is 35.5. The number of methoxy groups -OCH3 is 1. The molecule has 0 spiro atoms. The minimum atomic E-state index is -1.62. The summed E-state index contributed by atoms with van der Waals surface area (Å²) in [6.45, 7) is -0.349. The highest BCUT2D eigenvalue weighted by molar-refractivity contribution is 6.05. The molecular weight excluding hydrogens is 496 g/mol. The monoisotopic (exact) mass is 518 g/mol. The van der Waals surface area contributed by atoms with Crippen LogP contribution in [0.3, 0.4) is 0 Å². The van der Waals surface area contributed by atoms with Gasteiger partial charge in [-0.1, -0.05) is 12.1 Å². The molecule has 190 valence electrons. The molecule has 2 aliphatic rings. The summed E-state index contributed by atoms with van der Waals surface area (Å²) in [5.41, 5.74) is 0.751. The first-order valence-corrected chi connectivity index (χ1v) is 10.7. The van der Waals surface area contributed by atoms with E-state index in [0.29, 0.717) is 16.9 Å². The van der Waals surface area contributed by atoms with Gasteiger partial charge in [0.2, 0.25) is 5.78 Å². The first-order chi connectivity index (χ1) is 16.8. The largest absolute Gasteiger partial charge is 0.508 e. The number of rotatable bonds is 4. The van der Waals surface area contributed by atoms with Gasteiger partial charge in [-0.15, -0.1) is 12.4 Å². The first kappa shape index (κ1) is 25.2. The quantitative estimate of drug-likeness (QED) is 0.348. The maximum atomic E-state index is 12.7. The van der Waals surface area contributed by atoms with Crippen LogP contribution in [-0.4, -0.2) is 57.2 Å². The van der Waals surface area contributed by atoms with E-state index in [-0.39, 0.29) is 53.3 Å². The predicted molar refractivity (Wildman–Crippen MR) is 127 cm³/mol. The molecule has 0 saturated carbocycles. The Morgan fingerprint density at radius 3 is 2.25 bits per heavy atom. The summed E-state index contributed by atoms with van der Waals surface area (Å²) in [6.07, 6.45) is -4.28. The van der Waals surface area contributed by atoms with Gasteiger partial charge in [0.15, 0.2) is 47.4 Å². The number of carbonyl (C=O) groups excluding carboxylic acids is 1. The number of carbonyl (C=O) groups is 1. The average Bonchev–Trinajstić information content (AvgIpc) is 2.85. The van der Waals surface area contributed by atoms with Gasteiger partial charge < -0.3 is 44.5 Å². The number of Topliss-reactive ketones (excluding diaryl/α,β-unsaturated/α-hetero) is 1. The maximum Gasteiger partial charge on any atom is 0.202 e. The van der Waals surface area contributed by atoms with Crippen molar-refractivity contribution in [3.8, 4) is 40.2 Å². The van der Waals surface area contributed by atoms with Gasteiger partial charge in [-0.3, -0.25) is 4.79 Å². The van der Waals surface area contributed by atoms with Crippen molar-refractivity contribution in [2.75, 3.05) is 13.7 Å². The summed E-state index contributed by atoms with van der Waals surface area (Å²) in [4.78, 5) is 12.7. The maximum absolute atomic E-state index is 12.7. The van der Waals surface area contributed by atoms with Crippen LogP contribution in [0.5, 0.6) is 40.2 Å². The Bertz CT molecular complexity index is 1310. The van der Waals surface area contributed by atoms with Crippen LogP contribution in [0.2, 0.25) is 0 Å². The van der Waals surface area contributed by atoms with Crippen LogP contribution < -0.4 is 18.9 Å². The van der Waals surface area contributed by atoms with Crippen molar-refractivity contribution in [3.05, 3.63) is 65.2 Å². The molecular formula is C25H23ClO10. The molecule has 0 bridgehead atoms. The lowest BCUT2D eigenvalue weighted by Crippen LogP contribution is -2.37. The van der Waals surface area contributed by atoms with Crippen LogP contribution in [0.25, 0.3) is 0 Å². The molecule has 0 radical (unpaired) electrons. The number of aliphatic hydroxyl groups is 2. The molecule has 3 aromatic carbocycles. The van der Waals surface area contributed by atoms with Crippen molar-refractivity contribution in [1.82, 2.24) is 0 Å². The number of benzene rings is 3. The topological polar surface area (TPSA) is 155 Å². The molecule has 4 atom stereocenters. The standard InChI is InChI=1S/C25H22O10.ClH/c1-32-17-6-11(2-4-14(17)28)24-20(10-26)33-16-5-3-12(7-18(16)34-24)25-23(31)22(30)21-15(29)8-13(27)9-19(21)35-25;/h2-9,20,23-29,31H,10H2,1H3;1H/t20-,23-,24-,25+;/m1./s1. The molecule has 3 aromatic rings. The van der Waals surface area contributed by atoms with Crippen LogP contribution in [-0.2, 0) is 0 Å². The molecule has 0 unspecified atom stereocenters. The van der Waals surface area contributed by atoms with Gasteiger partial charge in [-0.25, -0.2) is 0 Å². The van der Waals surface area contributed by atoms with Crippen molar-refractivity contribution in [1.29, 1.82) is 0 Å². The normalized spacial score (nSPS) is 22.1. The fraction of sp³-hybridized carbons (Fsp3) is 0.240. The molecule has 2 aliphatic heterocycles. The second kappa shape index (κ2) is 9.65. The SMILES string of the molecule is COc1cc([C@H]2Oc3cc([C@@H]4Oc5cc(O)cc(O)c5C(=O)[C@H]4O)ccc3O[C@@H]2CO)ccc1O.Cl. The fourth-order valence-corrected chi connectivity index (χ4v) is 4.28. The third kappa shape index (κ3) is 4.19. The van der Waals surface area contributed by atoms with E-state index in [1.165, 1.54) is 19.2 Å². The van der Waals surface area contributed by atoms with Gasteiger partial charge >= 0.3 is 0 Å². The molecule has 36 heavy (non-hydrogen) atoms. The molecule has 5 N–H and O–H groups in total. The van der Waals surface area contributed by atoms with Gasteiger partial charge in [0.1, 0.15) is 22.8 Å². The molecule has 0 aromatic heterocycles. The zero-order valence-electron chi connectivity index (χ0n) is 18.8. The van der Waals surface area contributed by atoms with Crippen molar-refractivity contribution >= 4 is 18.2 Å². The van der Waals surface area contributed by atoms with E-state index in [1.54, 1.807) is 30.3 Å². The lowest BCUT2D eigenvalue weighted by Gasteiger charge is -2.35. The Kier molecular flexibility index (Phi) is 6.77. The smallest absolute Gasteiger partial charge is 0.202 e. The number of aliphatic hydroxyl groups excluding tert-OH is 2. The Morgan fingerprint density at radius 2 is 1.53 bits per heavy atom. The van der Waals surface area contributed by atoms with Crippen molar-refractivity contribution in [2.24, 2.45) is 0 Å². The zero-order chi connectivity index (χ0) is 24.9. The Labute approximate surface area is 211 Å². The number of hydrogen-bond donors (Lipinski definition) is 5. The molecule has 10 nitrogen and oxygen atoms in total. The van der Waals surface area contributed by atoms with Crippen molar-refractivity contribution in [2.45, 2.75) is 24.4 Å². The van der Waals surface area contributed by atoms with Gasteiger partial charge in [0.25, 0.3) is 0 Å². The summed E-state index contributed by atoms with van der Waals surface area (Å²) in [5, 5.41) is 50.2. The lowest BCUT2D eigenvalue weighted by atomic mass is 9.92. The van der Waals surface area contributed by atoms with Crippen LogP contribution in [0, 0.1) is 0 Å². The van der Waals surface area contributed by atoms with Gasteiger partial charge in [-0.2, -0.15) is 0 Å². The van der Waals surface area contributed by atoms with E-state index in [1.807, 2.05) is 0 Å². The van der Waals surface area contributed by atoms with Crippen LogP contribution in [0.4, 0.5) is 0 Å². The first-order valence-electron chi connectivity index (χ1n) is 10.7. The summed E-state index contributed by atoms with van der Waals surface area (Å²) in [7, 11) is 1.41. The average molecular weight is 519 g/mol. The van der Waals surface area contributed by atoms with E-state index in [4.69, 9.17) is 18.9 Å². The van der Waals surface area contributed by atoms with E-state index in [9.17, 15) is 30.3 Å². The minimum Gasteiger partial charge on any atom is -0.508 e. The van der Waals surface area contributed by atoms with Gasteiger partial charge in [0, 0.05) is 17.7 Å². The lowest BCUT2D eigenvalue weighted by molar-refractivity contribution is -0.0130. The number of hydrogen-bond acceptors (Lipinski definition) is 10. The highest BCUT2D eigenvalue weighted by Crippen LogP contribution is 2.45. The zero-order valence-corrected chi connectivity index (χ0v) is 19.6. The summed E-state index contributed by atoms with van der Waals surface area (Å²) in [6, 6.07) is 11.5. The molecule has 0 amide bonds. The second-order valence-electron chi connectivity index (χ2n) is 8.20. The number of phenols is 3. The fourth-order valence-electron chi connectivity index (χ4n) is 4.28. The minimum absolute atomic E-state index is 0. The van der Waals surface area contributed by atoms with Crippen molar-refractivity contribution in [3.63, 3.8) is 0 Å². The number of ether oxygens (including phenoxy) is 4. The molecule has 0 fully saturated rings.